The van der Waals surface area contributed by atoms with Crippen LogP contribution in [0, 0.1) is 5.82 Å². The molecule has 0 radical (unpaired) electrons. The highest BCUT2D eigenvalue weighted by Gasteiger charge is 2.43. The van der Waals surface area contributed by atoms with E-state index >= 15 is 0 Å². The zero-order valence-electron chi connectivity index (χ0n) is 17.1. The molecular formula is C21H22FN3O4S3. The molecule has 11 heteroatoms. The Morgan fingerprint density at radius 3 is 2.91 bits per heavy atom. The van der Waals surface area contributed by atoms with Crippen LogP contribution in [0.15, 0.2) is 39.9 Å². The molecule has 2 atom stereocenters. The molecule has 2 aliphatic rings. The number of nitrogens with zero attached hydrogens (tertiary/aromatic N) is 3. The Hall–Kier alpha value is -1.92. The summed E-state index contributed by atoms with van der Waals surface area (Å²) in [4.78, 5) is 19.9. The molecule has 0 bridgehead atoms. The average molecular weight is 496 g/mol. The molecule has 0 N–H and O–H groups in total. The molecule has 2 unspecified atom stereocenters. The monoisotopic (exact) mass is 495 g/mol. The van der Waals surface area contributed by atoms with Crippen molar-refractivity contribution in [3.8, 4) is 0 Å². The van der Waals surface area contributed by atoms with Crippen LogP contribution in [0.2, 0.25) is 0 Å². The molecule has 170 valence electrons. The molecule has 0 aliphatic carbocycles. The second kappa shape index (κ2) is 8.79. The summed E-state index contributed by atoms with van der Waals surface area (Å²) in [6, 6.07) is 6.77. The van der Waals surface area contributed by atoms with E-state index in [1.165, 1.54) is 27.8 Å². The smallest absolute Gasteiger partial charge is 0.253 e. The molecule has 0 spiro atoms. The van der Waals surface area contributed by atoms with Crippen LogP contribution in [0.5, 0.6) is 0 Å². The highest BCUT2D eigenvalue weighted by molar-refractivity contribution is 7.91. The van der Waals surface area contributed by atoms with Crippen LogP contribution in [-0.4, -0.2) is 55.5 Å². The van der Waals surface area contributed by atoms with Crippen molar-refractivity contribution in [1.82, 2.24) is 9.29 Å². The lowest BCUT2D eigenvalue weighted by atomic mass is 10.2. The fourth-order valence-corrected chi connectivity index (χ4v) is 8.01. The van der Waals surface area contributed by atoms with Crippen molar-refractivity contribution in [1.29, 1.82) is 0 Å². The third kappa shape index (κ3) is 4.08. The Kier molecular flexibility index (Phi) is 6.01. The predicted molar refractivity (Wildman–Crippen MR) is 122 cm³/mol. The van der Waals surface area contributed by atoms with E-state index in [4.69, 9.17) is 4.74 Å². The van der Waals surface area contributed by atoms with Gasteiger partial charge in [-0.15, -0.1) is 11.3 Å². The fraction of sp³-hybridized carbons (Fsp3) is 0.429. The van der Waals surface area contributed by atoms with E-state index in [2.05, 4.69) is 4.98 Å². The first-order valence-corrected chi connectivity index (χ1v) is 13.6. The number of benzene rings is 1. The summed E-state index contributed by atoms with van der Waals surface area (Å²) in [5.74, 6) is -0.675. The van der Waals surface area contributed by atoms with E-state index in [1.54, 1.807) is 28.5 Å². The number of thiophene rings is 1. The lowest BCUT2D eigenvalue weighted by Crippen LogP contribution is -2.49. The summed E-state index contributed by atoms with van der Waals surface area (Å²) in [6.45, 7) is 1.24. The summed E-state index contributed by atoms with van der Waals surface area (Å²) in [5.41, 5.74) is 0.603. The van der Waals surface area contributed by atoms with Crippen LogP contribution in [0.3, 0.4) is 0 Å². The van der Waals surface area contributed by atoms with Crippen LogP contribution < -0.4 is 4.90 Å². The Morgan fingerprint density at radius 2 is 2.16 bits per heavy atom. The largest absolute Gasteiger partial charge is 0.376 e. The average Bonchev–Trinajstić information content (AvgIpc) is 3.56. The van der Waals surface area contributed by atoms with Gasteiger partial charge in [-0.3, -0.25) is 9.69 Å². The summed E-state index contributed by atoms with van der Waals surface area (Å²) >= 11 is 2.37. The van der Waals surface area contributed by atoms with E-state index in [-0.39, 0.29) is 22.0 Å². The minimum Gasteiger partial charge on any atom is -0.376 e. The van der Waals surface area contributed by atoms with Gasteiger partial charge in [0.25, 0.3) is 10.0 Å². The zero-order valence-corrected chi connectivity index (χ0v) is 19.6. The number of aromatic nitrogens is 1. The normalized spacial score (nSPS) is 22.0. The number of thiazole rings is 1. The number of halogens is 1. The summed E-state index contributed by atoms with van der Waals surface area (Å²) in [7, 11) is -3.76. The van der Waals surface area contributed by atoms with Crippen LogP contribution in [-0.2, 0) is 19.6 Å². The molecule has 3 aromatic rings. The minimum atomic E-state index is -3.76. The van der Waals surface area contributed by atoms with Gasteiger partial charge in [0, 0.05) is 13.2 Å². The Labute approximate surface area is 193 Å². The van der Waals surface area contributed by atoms with E-state index in [1.807, 2.05) is 0 Å². The molecule has 4 heterocycles. The SMILES string of the molecule is O=C(C1CCCN1S(=O)(=O)c1cccs1)N(CC1CCCO1)c1nc2ccc(F)cc2s1. The van der Waals surface area contributed by atoms with Crippen LogP contribution >= 0.6 is 22.7 Å². The van der Waals surface area contributed by atoms with Gasteiger partial charge >= 0.3 is 0 Å². The summed E-state index contributed by atoms with van der Waals surface area (Å²) in [6.07, 6.45) is 2.67. The lowest BCUT2D eigenvalue weighted by Gasteiger charge is -2.29. The first-order chi connectivity index (χ1) is 15.4. The third-order valence-electron chi connectivity index (χ3n) is 5.79. The molecule has 0 saturated carbocycles. The minimum absolute atomic E-state index is 0.133. The number of hydrogen-bond donors (Lipinski definition) is 0. The Morgan fingerprint density at radius 1 is 1.28 bits per heavy atom. The van der Waals surface area contributed by atoms with Gasteiger partial charge in [-0.2, -0.15) is 4.31 Å². The summed E-state index contributed by atoms with van der Waals surface area (Å²) < 4.78 is 48.0. The van der Waals surface area contributed by atoms with E-state index in [0.717, 1.165) is 24.2 Å². The van der Waals surface area contributed by atoms with Crippen molar-refractivity contribution in [3.63, 3.8) is 0 Å². The van der Waals surface area contributed by atoms with Gasteiger partial charge in [-0.05, 0) is 55.3 Å². The zero-order chi connectivity index (χ0) is 22.3. The number of carbonyl (C=O) groups excluding carboxylic acids is 1. The van der Waals surface area contributed by atoms with Crippen molar-refractivity contribution in [2.75, 3.05) is 24.6 Å². The number of hydrogen-bond acceptors (Lipinski definition) is 7. The predicted octanol–water partition coefficient (Wildman–Crippen LogP) is 3.86. The van der Waals surface area contributed by atoms with Crippen molar-refractivity contribution in [2.24, 2.45) is 0 Å². The second-order valence-corrected chi connectivity index (χ2v) is 12.0. The lowest BCUT2D eigenvalue weighted by molar-refractivity contribution is -0.122. The molecule has 1 amide bonds. The quantitative estimate of drug-likeness (QED) is 0.519. The number of anilines is 1. The van der Waals surface area contributed by atoms with Crippen LogP contribution in [0.25, 0.3) is 10.2 Å². The molecule has 1 aromatic carbocycles. The molecule has 5 rings (SSSR count). The van der Waals surface area contributed by atoms with Gasteiger partial charge in [-0.25, -0.2) is 17.8 Å². The van der Waals surface area contributed by atoms with Crippen LogP contribution in [0.4, 0.5) is 9.52 Å². The standard InChI is InChI=1S/C21H22FN3O4S3/c22-14-7-8-16-18(12-14)31-21(23-16)24(13-15-4-2-10-29-15)20(26)17-5-1-9-25(17)32(27,28)19-6-3-11-30-19/h3,6-8,11-12,15,17H,1-2,4-5,9-10,13H2. The molecule has 7 nitrogen and oxygen atoms in total. The second-order valence-electron chi connectivity index (χ2n) is 7.90. The number of fused-ring (bicyclic) bond motifs is 1. The Bertz CT molecular complexity index is 1220. The number of amides is 1. The fourth-order valence-electron chi connectivity index (χ4n) is 4.24. The van der Waals surface area contributed by atoms with Crippen molar-refractivity contribution >= 4 is 54.0 Å². The molecule has 2 aromatic heterocycles. The highest BCUT2D eigenvalue weighted by Crippen LogP contribution is 2.34. The van der Waals surface area contributed by atoms with Gasteiger partial charge in [0.2, 0.25) is 5.91 Å². The maximum atomic E-state index is 13.8. The summed E-state index contributed by atoms with van der Waals surface area (Å²) in [5, 5.41) is 2.15. The van der Waals surface area contributed by atoms with Gasteiger partial charge in [0.05, 0.1) is 22.9 Å². The van der Waals surface area contributed by atoms with Gasteiger partial charge in [0.15, 0.2) is 5.13 Å². The van der Waals surface area contributed by atoms with Crippen LogP contribution in [0.1, 0.15) is 25.7 Å². The molecule has 32 heavy (non-hydrogen) atoms. The van der Waals surface area contributed by atoms with Gasteiger partial charge in [-0.1, -0.05) is 17.4 Å². The van der Waals surface area contributed by atoms with Crippen molar-refractivity contribution < 1.29 is 22.3 Å². The third-order valence-corrected chi connectivity index (χ3v) is 10.1. The molecule has 2 saturated heterocycles. The maximum Gasteiger partial charge on any atom is 0.253 e. The highest BCUT2D eigenvalue weighted by atomic mass is 32.2. The van der Waals surface area contributed by atoms with Gasteiger partial charge in [0.1, 0.15) is 16.1 Å². The van der Waals surface area contributed by atoms with E-state index in [9.17, 15) is 17.6 Å². The van der Waals surface area contributed by atoms with E-state index in [0.29, 0.717) is 47.9 Å². The molecular weight excluding hydrogens is 473 g/mol. The number of rotatable bonds is 6. The number of carbonyl (C=O) groups is 1. The molecule has 2 aliphatic heterocycles. The van der Waals surface area contributed by atoms with Crippen molar-refractivity contribution in [2.45, 2.75) is 42.0 Å². The van der Waals surface area contributed by atoms with Crippen molar-refractivity contribution in [3.05, 3.63) is 41.5 Å². The van der Waals surface area contributed by atoms with E-state index < -0.39 is 16.1 Å². The Balaban J connectivity index is 1.49. The molecule has 2 fully saturated rings. The first kappa shape index (κ1) is 21.9. The maximum absolute atomic E-state index is 13.8. The first-order valence-electron chi connectivity index (χ1n) is 10.5. The topological polar surface area (TPSA) is 79.8 Å². The number of sulfonamides is 1. The number of ether oxygens (including phenoxy) is 1. The van der Waals surface area contributed by atoms with Gasteiger partial charge < -0.3 is 4.74 Å².